The van der Waals surface area contributed by atoms with Crippen molar-refractivity contribution in [2.45, 2.75) is 20.8 Å². The highest BCUT2D eigenvalue weighted by atomic mass is 16.5. The van der Waals surface area contributed by atoms with Crippen LogP contribution in [0.2, 0.25) is 0 Å². The number of piperazine rings is 1. The second-order valence-corrected chi connectivity index (χ2v) is 5.16. The number of benzene rings is 1. The van der Waals surface area contributed by atoms with Crippen LogP contribution >= 0.6 is 0 Å². The molecule has 5 nitrogen and oxygen atoms in total. The van der Waals surface area contributed by atoms with Crippen LogP contribution in [-0.2, 0) is 0 Å². The standard InChI is InChI=1S/C15H23N3O2/c1-11-4-5-12(2)14(13(11)3)20-10-17-15(19)18-8-6-16-7-9-18/h4-5,16H,6-10H2,1-3H3,(H,17,19). The molecule has 0 aliphatic carbocycles. The first-order valence-corrected chi connectivity index (χ1v) is 7.02. The number of urea groups is 1. The van der Waals surface area contributed by atoms with Gasteiger partial charge in [-0.15, -0.1) is 0 Å². The molecule has 0 aromatic heterocycles. The van der Waals surface area contributed by atoms with Gasteiger partial charge in [-0.3, -0.25) is 0 Å². The zero-order chi connectivity index (χ0) is 14.5. The van der Waals surface area contributed by atoms with Gasteiger partial charge in [0, 0.05) is 26.2 Å². The Morgan fingerprint density at radius 3 is 2.60 bits per heavy atom. The van der Waals surface area contributed by atoms with Crippen LogP contribution in [0.5, 0.6) is 5.75 Å². The number of ether oxygens (including phenoxy) is 1. The molecular weight excluding hydrogens is 254 g/mol. The van der Waals surface area contributed by atoms with E-state index < -0.39 is 0 Å². The molecule has 0 radical (unpaired) electrons. The number of nitrogens with zero attached hydrogens (tertiary/aromatic N) is 1. The average Bonchev–Trinajstić information content (AvgIpc) is 2.47. The molecule has 5 heteroatoms. The Balaban J connectivity index is 1.86. The Kier molecular flexibility index (Phi) is 4.84. The summed E-state index contributed by atoms with van der Waals surface area (Å²) >= 11 is 0. The first-order valence-electron chi connectivity index (χ1n) is 7.02. The fourth-order valence-electron chi connectivity index (χ4n) is 2.30. The Labute approximate surface area is 120 Å². The van der Waals surface area contributed by atoms with Crippen molar-refractivity contribution in [2.75, 3.05) is 32.9 Å². The van der Waals surface area contributed by atoms with Gasteiger partial charge in [-0.05, 0) is 37.5 Å². The molecule has 2 N–H and O–H groups in total. The first-order chi connectivity index (χ1) is 9.59. The monoisotopic (exact) mass is 277 g/mol. The normalized spacial score (nSPS) is 15.1. The predicted octanol–water partition coefficient (Wildman–Crippen LogP) is 1.56. The molecule has 110 valence electrons. The van der Waals surface area contributed by atoms with Crippen molar-refractivity contribution in [3.8, 4) is 5.75 Å². The summed E-state index contributed by atoms with van der Waals surface area (Å²) in [4.78, 5) is 13.7. The third-order valence-corrected chi connectivity index (χ3v) is 3.72. The van der Waals surface area contributed by atoms with E-state index in [-0.39, 0.29) is 12.8 Å². The summed E-state index contributed by atoms with van der Waals surface area (Å²) in [5, 5.41) is 6.03. The molecule has 0 saturated carbocycles. The highest BCUT2D eigenvalue weighted by molar-refractivity contribution is 5.74. The van der Waals surface area contributed by atoms with Gasteiger partial charge < -0.3 is 20.3 Å². The van der Waals surface area contributed by atoms with Crippen molar-refractivity contribution in [3.05, 3.63) is 28.8 Å². The molecule has 1 saturated heterocycles. The molecule has 0 spiro atoms. The fourth-order valence-corrected chi connectivity index (χ4v) is 2.30. The maximum atomic E-state index is 11.9. The van der Waals surface area contributed by atoms with Crippen molar-refractivity contribution in [3.63, 3.8) is 0 Å². The van der Waals surface area contributed by atoms with E-state index >= 15 is 0 Å². The van der Waals surface area contributed by atoms with Crippen LogP contribution in [0.15, 0.2) is 12.1 Å². The van der Waals surface area contributed by atoms with Crippen LogP contribution in [0.1, 0.15) is 16.7 Å². The lowest BCUT2D eigenvalue weighted by atomic mass is 10.1. The Hall–Kier alpha value is -1.75. The minimum absolute atomic E-state index is 0.0607. The molecule has 0 bridgehead atoms. The summed E-state index contributed by atoms with van der Waals surface area (Å²) in [5.74, 6) is 0.866. The number of nitrogens with one attached hydrogen (secondary N) is 2. The SMILES string of the molecule is Cc1ccc(C)c(OCNC(=O)N2CCNCC2)c1C. The molecule has 20 heavy (non-hydrogen) atoms. The molecule has 0 atom stereocenters. The second kappa shape index (κ2) is 6.61. The molecular formula is C15H23N3O2. The third kappa shape index (κ3) is 3.42. The minimum atomic E-state index is -0.0607. The zero-order valence-electron chi connectivity index (χ0n) is 12.5. The molecule has 0 unspecified atom stereocenters. The average molecular weight is 277 g/mol. The van der Waals surface area contributed by atoms with Gasteiger partial charge in [-0.2, -0.15) is 0 Å². The van der Waals surface area contributed by atoms with Gasteiger partial charge in [0.15, 0.2) is 6.73 Å². The summed E-state index contributed by atoms with van der Waals surface area (Å²) < 4.78 is 5.74. The number of hydrogen-bond acceptors (Lipinski definition) is 3. The van der Waals surface area contributed by atoms with Gasteiger partial charge >= 0.3 is 6.03 Å². The lowest BCUT2D eigenvalue weighted by molar-refractivity contribution is 0.177. The van der Waals surface area contributed by atoms with E-state index in [4.69, 9.17) is 4.74 Å². The summed E-state index contributed by atoms with van der Waals surface area (Å²) in [6, 6.07) is 4.06. The van der Waals surface area contributed by atoms with Crippen LogP contribution in [-0.4, -0.2) is 43.8 Å². The van der Waals surface area contributed by atoms with Gasteiger partial charge in [0.25, 0.3) is 0 Å². The molecule has 1 aromatic carbocycles. The van der Waals surface area contributed by atoms with E-state index in [1.807, 2.05) is 19.9 Å². The molecule has 2 rings (SSSR count). The van der Waals surface area contributed by atoms with E-state index in [9.17, 15) is 4.79 Å². The van der Waals surface area contributed by atoms with E-state index in [2.05, 4.69) is 23.6 Å². The molecule has 1 aliphatic heterocycles. The lowest BCUT2D eigenvalue weighted by Crippen LogP contribution is -2.50. The fraction of sp³-hybridized carbons (Fsp3) is 0.533. The molecule has 1 fully saturated rings. The van der Waals surface area contributed by atoms with Gasteiger partial charge in [0.2, 0.25) is 0 Å². The molecule has 2 amide bonds. The van der Waals surface area contributed by atoms with E-state index in [0.29, 0.717) is 0 Å². The Morgan fingerprint density at radius 2 is 1.90 bits per heavy atom. The highest BCUT2D eigenvalue weighted by Gasteiger charge is 2.15. The van der Waals surface area contributed by atoms with Crippen molar-refractivity contribution < 1.29 is 9.53 Å². The summed E-state index contributed by atoms with van der Waals surface area (Å²) in [6.45, 7) is 9.50. The van der Waals surface area contributed by atoms with Gasteiger partial charge in [0.1, 0.15) is 5.75 Å². The number of carbonyl (C=O) groups excluding carboxylic acids is 1. The van der Waals surface area contributed by atoms with Crippen LogP contribution in [0.3, 0.4) is 0 Å². The topological polar surface area (TPSA) is 53.6 Å². The van der Waals surface area contributed by atoms with Gasteiger partial charge in [-0.1, -0.05) is 12.1 Å². The maximum absolute atomic E-state index is 11.9. The van der Waals surface area contributed by atoms with Crippen LogP contribution in [0.4, 0.5) is 4.79 Å². The van der Waals surface area contributed by atoms with Crippen molar-refractivity contribution in [2.24, 2.45) is 0 Å². The molecule has 1 heterocycles. The summed E-state index contributed by atoms with van der Waals surface area (Å²) in [5.41, 5.74) is 3.41. The highest BCUT2D eigenvalue weighted by Crippen LogP contribution is 2.25. The third-order valence-electron chi connectivity index (χ3n) is 3.72. The van der Waals surface area contributed by atoms with Crippen LogP contribution in [0.25, 0.3) is 0 Å². The van der Waals surface area contributed by atoms with Crippen molar-refractivity contribution in [1.29, 1.82) is 0 Å². The van der Waals surface area contributed by atoms with Gasteiger partial charge in [0.05, 0.1) is 0 Å². The second-order valence-electron chi connectivity index (χ2n) is 5.16. The smallest absolute Gasteiger partial charge is 0.320 e. The Bertz CT molecular complexity index is 482. The summed E-state index contributed by atoms with van der Waals surface area (Å²) in [6.07, 6.45) is 0. The quantitative estimate of drug-likeness (QED) is 0.825. The first kappa shape index (κ1) is 14.7. The summed E-state index contributed by atoms with van der Waals surface area (Å²) in [7, 11) is 0. The predicted molar refractivity (Wildman–Crippen MR) is 79.1 cm³/mol. The van der Waals surface area contributed by atoms with Crippen LogP contribution < -0.4 is 15.4 Å². The largest absolute Gasteiger partial charge is 0.473 e. The lowest BCUT2D eigenvalue weighted by Gasteiger charge is -2.27. The Morgan fingerprint density at radius 1 is 1.25 bits per heavy atom. The van der Waals surface area contributed by atoms with Crippen LogP contribution in [0, 0.1) is 20.8 Å². The number of hydrogen-bond donors (Lipinski definition) is 2. The number of carbonyl (C=O) groups is 1. The van der Waals surface area contributed by atoms with E-state index in [1.54, 1.807) is 4.90 Å². The van der Waals surface area contributed by atoms with Crippen molar-refractivity contribution >= 4 is 6.03 Å². The molecule has 1 aliphatic rings. The molecule has 1 aromatic rings. The number of amides is 2. The van der Waals surface area contributed by atoms with Crippen molar-refractivity contribution in [1.82, 2.24) is 15.5 Å². The van der Waals surface area contributed by atoms with E-state index in [0.717, 1.165) is 43.1 Å². The number of rotatable bonds is 3. The maximum Gasteiger partial charge on any atom is 0.320 e. The minimum Gasteiger partial charge on any atom is -0.473 e. The number of aryl methyl sites for hydroxylation is 2. The van der Waals surface area contributed by atoms with Gasteiger partial charge in [-0.25, -0.2) is 4.79 Å². The van der Waals surface area contributed by atoms with E-state index in [1.165, 1.54) is 5.56 Å². The zero-order valence-corrected chi connectivity index (χ0v) is 12.5.